The number of likely N-dealkylation sites (tertiary alicyclic amines) is 1. The molecule has 2 heterocycles. The minimum atomic E-state index is -1.91. The van der Waals surface area contributed by atoms with Crippen molar-refractivity contribution in [3.8, 4) is 0 Å². The van der Waals surface area contributed by atoms with E-state index in [-0.39, 0.29) is 24.8 Å². The van der Waals surface area contributed by atoms with Crippen molar-refractivity contribution in [2.75, 3.05) is 13.1 Å². The van der Waals surface area contributed by atoms with Gasteiger partial charge in [-0.05, 0) is 11.1 Å². The molecule has 1 saturated heterocycles. The molecular weight excluding hydrogens is 340 g/mol. The van der Waals surface area contributed by atoms with Gasteiger partial charge in [-0.3, -0.25) is 19.5 Å². The van der Waals surface area contributed by atoms with Crippen molar-refractivity contribution < 1.29 is 13.6 Å². The van der Waals surface area contributed by atoms with E-state index in [1.165, 1.54) is 12.4 Å². The molecule has 2 aromatic rings. The fourth-order valence-electron chi connectivity index (χ4n) is 3.24. The molecule has 0 amide bonds. The molecule has 5 nitrogen and oxygen atoms in total. The molecule has 0 unspecified atom stereocenters. The number of nitrogens with zero attached hydrogens (tertiary/aromatic N) is 2. The quantitative estimate of drug-likeness (QED) is 0.858. The van der Waals surface area contributed by atoms with Gasteiger partial charge >= 0.3 is 0 Å². The highest BCUT2D eigenvalue weighted by atomic mass is 19.1. The maximum atomic E-state index is 15.1. The van der Waals surface area contributed by atoms with Crippen molar-refractivity contribution in [3.63, 3.8) is 0 Å². The number of H-pyrrole nitrogens is 1. The van der Waals surface area contributed by atoms with E-state index in [9.17, 15) is 14.0 Å². The fraction of sp³-hybridized carbons (Fsp3) is 0.421. The van der Waals surface area contributed by atoms with E-state index in [0.717, 1.165) is 0 Å². The third kappa shape index (κ3) is 4.04. The summed E-state index contributed by atoms with van der Waals surface area (Å²) in [6.07, 6.45) is 2.99. The molecule has 0 spiro atoms. The lowest BCUT2D eigenvalue weighted by atomic mass is 9.85. The summed E-state index contributed by atoms with van der Waals surface area (Å²) in [5, 5.41) is 0. The van der Waals surface area contributed by atoms with Gasteiger partial charge in [-0.25, -0.2) is 8.78 Å². The van der Waals surface area contributed by atoms with E-state index in [4.69, 9.17) is 0 Å². The molecule has 1 aromatic carbocycles. The molecule has 138 valence electrons. The van der Waals surface area contributed by atoms with Gasteiger partial charge in [0.15, 0.2) is 11.5 Å². The summed E-state index contributed by atoms with van der Waals surface area (Å²) < 4.78 is 28.1. The third-order valence-electron chi connectivity index (χ3n) is 4.92. The molecule has 1 aromatic heterocycles. The largest absolute Gasteiger partial charge is 0.326 e. The summed E-state index contributed by atoms with van der Waals surface area (Å²) in [6, 6.07) is 6.70. The van der Waals surface area contributed by atoms with Gasteiger partial charge in [-0.1, -0.05) is 24.3 Å². The van der Waals surface area contributed by atoms with E-state index in [1.807, 2.05) is 4.90 Å². The second-order valence-electron chi connectivity index (χ2n) is 6.61. The number of ketones is 1. The minimum Gasteiger partial charge on any atom is -0.326 e. The van der Waals surface area contributed by atoms with E-state index in [0.29, 0.717) is 36.5 Å². The van der Waals surface area contributed by atoms with E-state index in [1.54, 1.807) is 24.3 Å². The van der Waals surface area contributed by atoms with E-state index < -0.39 is 18.1 Å². The standard InChI is InChI=1S/C19H21F2N3O2/c20-12-15-4-2-1-3-14(15)11-17(25)19(21)5-9-24(10-6-19)13-16-18(26)23-8-7-22-16/h1-4,7-8H,5-6,9-13H2,(H,23,26). The van der Waals surface area contributed by atoms with Crippen molar-refractivity contribution in [2.24, 2.45) is 0 Å². The summed E-state index contributed by atoms with van der Waals surface area (Å²) in [6.45, 7) is 0.381. The summed E-state index contributed by atoms with van der Waals surface area (Å²) in [5.74, 6) is -0.506. The van der Waals surface area contributed by atoms with Crippen LogP contribution in [0.15, 0.2) is 41.5 Å². The highest BCUT2D eigenvalue weighted by molar-refractivity contribution is 5.89. The normalized spacial score (nSPS) is 17.2. The number of halogens is 2. The highest BCUT2D eigenvalue weighted by Gasteiger charge is 2.41. The molecule has 3 rings (SSSR count). The van der Waals surface area contributed by atoms with Crippen LogP contribution in [-0.2, 0) is 24.4 Å². The van der Waals surface area contributed by atoms with Crippen molar-refractivity contribution in [2.45, 2.75) is 38.2 Å². The minimum absolute atomic E-state index is 0.0639. The van der Waals surface area contributed by atoms with Crippen molar-refractivity contribution in [1.29, 1.82) is 0 Å². The van der Waals surface area contributed by atoms with Gasteiger partial charge in [0.05, 0.1) is 0 Å². The molecule has 0 bridgehead atoms. The first kappa shape index (κ1) is 18.4. The van der Waals surface area contributed by atoms with Gasteiger partial charge in [-0.15, -0.1) is 0 Å². The fourth-order valence-corrected chi connectivity index (χ4v) is 3.24. The van der Waals surface area contributed by atoms with Gasteiger partial charge in [0.25, 0.3) is 5.56 Å². The molecule has 1 aliphatic heterocycles. The number of rotatable bonds is 6. The van der Waals surface area contributed by atoms with Crippen LogP contribution in [0.5, 0.6) is 0 Å². The monoisotopic (exact) mass is 361 g/mol. The summed E-state index contributed by atoms with van der Waals surface area (Å²) >= 11 is 0. The molecule has 0 radical (unpaired) electrons. The Morgan fingerprint density at radius 2 is 1.92 bits per heavy atom. The number of carbonyl (C=O) groups excluding carboxylic acids is 1. The van der Waals surface area contributed by atoms with Crippen LogP contribution in [0.4, 0.5) is 8.78 Å². The van der Waals surface area contributed by atoms with Gasteiger partial charge in [-0.2, -0.15) is 0 Å². The van der Waals surface area contributed by atoms with Crippen LogP contribution in [0, 0.1) is 0 Å². The molecule has 1 fully saturated rings. The number of benzene rings is 1. The van der Waals surface area contributed by atoms with Crippen LogP contribution in [0.1, 0.15) is 29.7 Å². The van der Waals surface area contributed by atoms with Crippen molar-refractivity contribution in [1.82, 2.24) is 14.9 Å². The van der Waals surface area contributed by atoms with Gasteiger partial charge in [0.1, 0.15) is 12.4 Å². The SMILES string of the molecule is O=C(Cc1ccccc1CF)C1(F)CCN(Cc2ncc[nH]c2=O)CC1. The Bertz CT molecular complexity index is 829. The molecule has 7 heteroatoms. The second-order valence-corrected chi connectivity index (χ2v) is 6.61. The van der Waals surface area contributed by atoms with E-state index in [2.05, 4.69) is 9.97 Å². The van der Waals surface area contributed by atoms with Gasteiger partial charge in [0, 0.05) is 51.3 Å². The van der Waals surface area contributed by atoms with Crippen LogP contribution >= 0.6 is 0 Å². The average Bonchev–Trinajstić information content (AvgIpc) is 2.66. The lowest BCUT2D eigenvalue weighted by Crippen LogP contribution is -2.47. The zero-order chi connectivity index (χ0) is 18.6. The smallest absolute Gasteiger partial charge is 0.270 e. The van der Waals surface area contributed by atoms with Crippen molar-refractivity contribution >= 4 is 5.78 Å². The average molecular weight is 361 g/mol. The predicted octanol–water partition coefficient (Wildman–Crippen LogP) is 2.36. The lowest BCUT2D eigenvalue weighted by Gasteiger charge is -2.35. The topological polar surface area (TPSA) is 66.1 Å². The van der Waals surface area contributed by atoms with Crippen LogP contribution in [0.3, 0.4) is 0 Å². The Balaban J connectivity index is 1.61. The van der Waals surface area contributed by atoms with Gasteiger partial charge in [0.2, 0.25) is 0 Å². The van der Waals surface area contributed by atoms with Crippen LogP contribution < -0.4 is 5.56 Å². The Morgan fingerprint density at radius 1 is 1.23 bits per heavy atom. The van der Waals surface area contributed by atoms with Crippen LogP contribution in [0.2, 0.25) is 0 Å². The molecule has 0 atom stereocenters. The summed E-state index contributed by atoms with van der Waals surface area (Å²) in [4.78, 5) is 32.7. The first-order valence-electron chi connectivity index (χ1n) is 8.62. The maximum Gasteiger partial charge on any atom is 0.270 e. The zero-order valence-electron chi connectivity index (χ0n) is 14.4. The van der Waals surface area contributed by atoms with Crippen molar-refractivity contribution in [3.05, 3.63) is 63.8 Å². The number of aromatic nitrogens is 2. The highest BCUT2D eigenvalue weighted by Crippen LogP contribution is 2.30. The predicted molar refractivity (Wildman–Crippen MR) is 93.2 cm³/mol. The Labute approximate surface area is 150 Å². The third-order valence-corrected chi connectivity index (χ3v) is 4.92. The molecular formula is C19H21F2N3O2. The first-order valence-corrected chi connectivity index (χ1v) is 8.62. The lowest BCUT2D eigenvalue weighted by molar-refractivity contribution is -0.133. The summed E-state index contributed by atoms with van der Waals surface area (Å²) in [5.41, 5.74) is -0.822. The van der Waals surface area contributed by atoms with Gasteiger partial charge < -0.3 is 4.98 Å². The molecule has 1 N–H and O–H groups in total. The number of carbonyl (C=O) groups is 1. The number of piperidine rings is 1. The number of alkyl halides is 2. The Morgan fingerprint density at radius 3 is 2.58 bits per heavy atom. The number of nitrogens with one attached hydrogen (secondary N) is 1. The molecule has 26 heavy (non-hydrogen) atoms. The number of hydrogen-bond acceptors (Lipinski definition) is 4. The molecule has 0 saturated carbocycles. The number of hydrogen-bond donors (Lipinski definition) is 1. The first-order chi connectivity index (χ1) is 12.5. The molecule has 0 aliphatic carbocycles. The number of Topliss-reactive ketones (excluding diaryl/α,β-unsaturated/α-hetero) is 1. The maximum absolute atomic E-state index is 15.1. The van der Waals surface area contributed by atoms with Crippen LogP contribution in [0.25, 0.3) is 0 Å². The molecule has 1 aliphatic rings. The zero-order valence-corrected chi connectivity index (χ0v) is 14.4. The Hall–Kier alpha value is -2.41. The summed E-state index contributed by atoms with van der Waals surface area (Å²) in [7, 11) is 0. The number of aromatic amines is 1. The second kappa shape index (κ2) is 7.86. The Kier molecular flexibility index (Phi) is 5.56. The van der Waals surface area contributed by atoms with Crippen LogP contribution in [-0.4, -0.2) is 39.4 Å². The van der Waals surface area contributed by atoms with E-state index >= 15 is 4.39 Å².